The molecule has 0 unspecified atom stereocenters. The molecule has 128 valence electrons. The van der Waals surface area contributed by atoms with Crippen molar-refractivity contribution in [2.45, 2.75) is 46.6 Å². The van der Waals surface area contributed by atoms with E-state index in [1.54, 1.807) is 7.05 Å². The molecule has 0 saturated carbocycles. The molecule has 0 heterocycles. The summed E-state index contributed by atoms with van der Waals surface area (Å²) in [5.41, 5.74) is 1.94. The van der Waals surface area contributed by atoms with Crippen molar-refractivity contribution >= 4 is 17.6 Å². The number of hydrogen-bond acceptors (Lipinski definition) is 2. The van der Waals surface area contributed by atoms with Gasteiger partial charge in [-0.25, -0.2) is 0 Å². The molecular formula is C18H30N4O. The largest absolute Gasteiger partial charge is 0.356 e. The van der Waals surface area contributed by atoms with Crippen molar-refractivity contribution in [3.63, 3.8) is 0 Å². The second kappa shape index (κ2) is 10.6. The third kappa shape index (κ3) is 8.24. The second-order valence-corrected chi connectivity index (χ2v) is 6.03. The molecule has 0 fully saturated rings. The summed E-state index contributed by atoms with van der Waals surface area (Å²) >= 11 is 0. The van der Waals surface area contributed by atoms with Crippen LogP contribution in [0.15, 0.2) is 29.3 Å². The predicted octanol–water partition coefficient (Wildman–Crippen LogP) is 3.14. The van der Waals surface area contributed by atoms with Gasteiger partial charge in [-0.3, -0.25) is 9.79 Å². The summed E-state index contributed by atoms with van der Waals surface area (Å²) in [5.74, 6) is 1.53. The average Bonchev–Trinajstić information content (AvgIpc) is 2.51. The molecule has 0 saturated heterocycles. The Morgan fingerprint density at radius 1 is 1.26 bits per heavy atom. The Hall–Kier alpha value is -2.04. The molecule has 0 aliphatic rings. The van der Waals surface area contributed by atoms with Gasteiger partial charge in [-0.15, -0.1) is 0 Å². The lowest BCUT2D eigenvalue weighted by molar-refractivity contribution is -0.116. The highest BCUT2D eigenvalue weighted by molar-refractivity contribution is 5.90. The van der Waals surface area contributed by atoms with E-state index < -0.39 is 0 Å². The molecule has 0 aliphatic heterocycles. The molecule has 0 atom stereocenters. The van der Waals surface area contributed by atoms with Gasteiger partial charge in [-0.2, -0.15) is 0 Å². The van der Waals surface area contributed by atoms with Gasteiger partial charge in [0.1, 0.15) is 0 Å². The van der Waals surface area contributed by atoms with Crippen molar-refractivity contribution < 1.29 is 4.79 Å². The van der Waals surface area contributed by atoms with Gasteiger partial charge in [0.05, 0.1) is 0 Å². The van der Waals surface area contributed by atoms with Crippen molar-refractivity contribution in [1.29, 1.82) is 0 Å². The van der Waals surface area contributed by atoms with E-state index >= 15 is 0 Å². The Labute approximate surface area is 140 Å². The van der Waals surface area contributed by atoms with Gasteiger partial charge < -0.3 is 16.0 Å². The third-order valence-corrected chi connectivity index (χ3v) is 3.39. The summed E-state index contributed by atoms with van der Waals surface area (Å²) in [5, 5.41) is 9.51. The van der Waals surface area contributed by atoms with Crippen LogP contribution >= 0.6 is 0 Å². The summed E-state index contributed by atoms with van der Waals surface area (Å²) in [4.78, 5) is 15.9. The van der Waals surface area contributed by atoms with Gasteiger partial charge >= 0.3 is 0 Å². The minimum absolute atomic E-state index is 0.0590. The average molecular weight is 318 g/mol. The van der Waals surface area contributed by atoms with Crippen LogP contribution in [0.1, 0.15) is 45.6 Å². The molecule has 3 N–H and O–H groups in total. The molecule has 23 heavy (non-hydrogen) atoms. The molecule has 1 amide bonds. The van der Waals surface area contributed by atoms with Crippen LogP contribution in [-0.4, -0.2) is 25.5 Å². The second-order valence-electron chi connectivity index (χ2n) is 6.03. The third-order valence-electron chi connectivity index (χ3n) is 3.39. The van der Waals surface area contributed by atoms with Crippen molar-refractivity contribution in [1.82, 2.24) is 10.6 Å². The number of guanidine groups is 1. The molecule has 1 aromatic rings. The van der Waals surface area contributed by atoms with Crippen LogP contribution < -0.4 is 16.0 Å². The molecule has 0 radical (unpaired) electrons. The van der Waals surface area contributed by atoms with E-state index in [1.807, 2.05) is 31.2 Å². The quantitative estimate of drug-likeness (QED) is 0.509. The van der Waals surface area contributed by atoms with E-state index in [0.717, 1.165) is 36.6 Å². The fourth-order valence-electron chi connectivity index (χ4n) is 2.10. The predicted molar refractivity (Wildman–Crippen MR) is 97.6 cm³/mol. The lowest BCUT2D eigenvalue weighted by Gasteiger charge is -2.13. The number of benzene rings is 1. The summed E-state index contributed by atoms with van der Waals surface area (Å²) < 4.78 is 0. The number of hydrogen-bond donors (Lipinski definition) is 3. The summed E-state index contributed by atoms with van der Waals surface area (Å²) in [7, 11) is 1.77. The van der Waals surface area contributed by atoms with E-state index in [-0.39, 0.29) is 5.91 Å². The Bertz CT molecular complexity index is 511. The molecular weight excluding hydrogens is 288 g/mol. The van der Waals surface area contributed by atoms with E-state index in [1.165, 1.54) is 0 Å². The number of anilines is 1. The highest BCUT2D eigenvalue weighted by Crippen LogP contribution is 2.11. The number of carbonyl (C=O) groups excluding carboxylic acids is 1. The number of nitrogens with one attached hydrogen (secondary N) is 3. The van der Waals surface area contributed by atoms with Crippen molar-refractivity contribution in [2.75, 3.05) is 18.9 Å². The van der Waals surface area contributed by atoms with Crippen LogP contribution in [0.5, 0.6) is 0 Å². The van der Waals surface area contributed by atoms with Crippen LogP contribution in [0.4, 0.5) is 5.69 Å². The van der Waals surface area contributed by atoms with Crippen molar-refractivity contribution in [3.05, 3.63) is 29.8 Å². The monoisotopic (exact) mass is 318 g/mol. The zero-order valence-electron chi connectivity index (χ0n) is 14.8. The standard InChI is InChI=1S/C18H30N4O/c1-5-7-17(23)22-16-9-6-8-15(12-16)13-21-18(19-4)20-11-10-14(2)3/h6,8-9,12,14H,5,7,10-11,13H2,1-4H3,(H,22,23)(H2,19,20,21). The Morgan fingerprint density at radius 2 is 2.04 bits per heavy atom. The first-order valence-corrected chi connectivity index (χ1v) is 8.38. The molecule has 0 bridgehead atoms. The molecule has 5 heteroatoms. The minimum atomic E-state index is 0.0590. The van der Waals surface area contributed by atoms with Crippen LogP contribution in [0.3, 0.4) is 0 Å². The van der Waals surface area contributed by atoms with Gasteiger partial charge in [0.2, 0.25) is 5.91 Å². The van der Waals surface area contributed by atoms with E-state index in [2.05, 4.69) is 34.8 Å². The Balaban J connectivity index is 2.48. The maximum absolute atomic E-state index is 11.7. The zero-order valence-corrected chi connectivity index (χ0v) is 14.8. The maximum atomic E-state index is 11.7. The van der Waals surface area contributed by atoms with Crippen molar-refractivity contribution in [2.24, 2.45) is 10.9 Å². The highest BCUT2D eigenvalue weighted by Gasteiger charge is 2.03. The summed E-state index contributed by atoms with van der Waals surface area (Å²) in [6.45, 7) is 7.98. The Morgan fingerprint density at radius 3 is 2.70 bits per heavy atom. The first-order valence-electron chi connectivity index (χ1n) is 8.38. The summed E-state index contributed by atoms with van der Waals surface area (Å²) in [6.07, 6.45) is 2.51. The fourth-order valence-corrected chi connectivity index (χ4v) is 2.10. The van der Waals surface area contributed by atoms with Crippen LogP contribution in [0, 0.1) is 5.92 Å². The molecule has 5 nitrogen and oxygen atoms in total. The SMILES string of the molecule is CCCC(=O)Nc1cccc(CNC(=NC)NCCC(C)C)c1. The lowest BCUT2D eigenvalue weighted by Crippen LogP contribution is -2.37. The topological polar surface area (TPSA) is 65.5 Å². The van der Waals surface area contributed by atoms with Gasteiger partial charge in [0.15, 0.2) is 5.96 Å². The highest BCUT2D eigenvalue weighted by atomic mass is 16.1. The zero-order chi connectivity index (χ0) is 17.1. The van der Waals surface area contributed by atoms with Gasteiger partial charge in [0.25, 0.3) is 0 Å². The number of amides is 1. The van der Waals surface area contributed by atoms with E-state index in [0.29, 0.717) is 18.9 Å². The fraction of sp³-hybridized carbons (Fsp3) is 0.556. The van der Waals surface area contributed by atoms with Gasteiger partial charge in [0, 0.05) is 32.2 Å². The first-order chi connectivity index (χ1) is 11.0. The maximum Gasteiger partial charge on any atom is 0.224 e. The first kappa shape index (κ1) is 19.0. The van der Waals surface area contributed by atoms with E-state index in [4.69, 9.17) is 0 Å². The van der Waals surface area contributed by atoms with Crippen LogP contribution in [0.2, 0.25) is 0 Å². The molecule has 1 rings (SSSR count). The van der Waals surface area contributed by atoms with Crippen LogP contribution in [-0.2, 0) is 11.3 Å². The Kier molecular flexibility index (Phi) is 8.80. The van der Waals surface area contributed by atoms with E-state index in [9.17, 15) is 4.79 Å². The lowest BCUT2D eigenvalue weighted by atomic mass is 10.1. The molecule has 0 spiro atoms. The van der Waals surface area contributed by atoms with Crippen molar-refractivity contribution in [3.8, 4) is 0 Å². The number of nitrogens with zero attached hydrogens (tertiary/aromatic N) is 1. The van der Waals surface area contributed by atoms with Crippen LogP contribution in [0.25, 0.3) is 0 Å². The molecule has 1 aromatic carbocycles. The minimum Gasteiger partial charge on any atom is -0.356 e. The number of rotatable bonds is 8. The summed E-state index contributed by atoms with van der Waals surface area (Å²) in [6, 6.07) is 7.88. The molecule has 0 aromatic heterocycles. The van der Waals surface area contributed by atoms with Gasteiger partial charge in [-0.05, 0) is 36.5 Å². The van der Waals surface area contributed by atoms with Gasteiger partial charge in [-0.1, -0.05) is 32.9 Å². The normalized spacial score (nSPS) is 11.4. The smallest absolute Gasteiger partial charge is 0.224 e. The number of aliphatic imine (C=N–C) groups is 1. The number of carbonyl (C=O) groups is 1. The molecule has 0 aliphatic carbocycles.